The van der Waals surface area contributed by atoms with Gasteiger partial charge in [-0.2, -0.15) is 0 Å². The fourth-order valence-corrected chi connectivity index (χ4v) is 2.11. The fourth-order valence-electron chi connectivity index (χ4n) is 2.11. The lowest BCUT2D eigenvalue weighted by molar-refractivity contribution is 0.149. The van der Waals surface area contributed by atoms with Crippen molar-refractivity contribution in [3.05, 3.63) is 22.8 Å². The van der Waals surface area contributed by atoms with Gasteiger partial charge < -0.3 is 10.1 Å². The minimum atomic E-state index is 0.701. The van der Waals surface area contributed by atoms with Gasteiger partial charge in [0.2, 0.25) is 0 Å². The molecule has 1 rings (SSSR count). The lowest BCUT2D eigenvalue weighted by Crippen LogP contribution is -2.19. The van der Waals surface area contributed by atoms with Gasteiger partial charge >= 0.3 is 0 Å². The van der Waals surface area contributed by atoms with E-state index in [1.54, 1.807) is 0 Å². The summed E-state index contributed by atoms with van der Waals surface area (Å²) in [6, 6.07) is 0. The zero-order valence-corrected chi connectivity index (χ0v) is 12.8. The van der Waals surface area contributed by atoms with Gasteiger partial charge in [0.25, 0.3) is 0 Å². The molecule has 0 radical (unpaired) electrons. The van der Waals surface area contributed by atoms with Gasteiger partial charge in [-0.15, -0.1) is 0 Å². The molecule has 0 aromatic carbocycles. The molecule has 0 saturated heterocycles. The normalized spacial score (nSPS) is 10.9. The van der Waals surface area contributed by atoms with E-state index in [1.807, 2.05) is 6.92 Å². The van der Waals surface area contributed by atoms with E-state index >= 15 is 0 Å². The third-order valence-corrected chi connectivity index (χ3v) is 3.12. The van der Waals surface area contributed by atoms with Gasteiger partial charge in [0.15, 0.2) is 0 Å². The molecule has 0 aliphatic heterocycles. The van der Waals surface area contributed by atoms with Gasteiger partial charge in [0.05, 0.1) is 6.61 Å². The lowest BCUT2D eigenvalue weighted by Gasteiger charge is -2.11. The third-order valence-electron chi connectivity index (χ3n) is 3.12. The van der Waals surface area contributed by atoms with Gasteiger partial charge in [-0.1, -0.05) is 6.92 Å². The van der Waals surface area contributed by atoms with Crippen molar-refractivity contribution in [2.75, 3.05) is 26.3 Å². The second-order valence-electron chi connectivity index (χ2n) is 4.74. The third kappa shape index (κ3) is 5.66. The van der Waals surface area contributed by atoms with Crippen molar-refractivity contribution in [2.45, 2.75) is 47.0 Å². The summed E-state index contributed by atoms with van der Waals surface area (Å²) in [5.41, 5.74) is 3.50. The molecule has 4 nitrogen and oxygen atoms in total. The molecule has 19 heavy (non-hydrogen) atoms. The van der Waals surface area contributed by atoms with Crippen LogP contribution >= 0.6 is 0 Å². The molecule has 1 N–H and O–H groups in total. The van der Waals surface area contributed by atoms with Crippen LogP contribution in [0.5, 0.6) is 0 Å². The number of aromatic nitrogens is 2. The van der Waals surface area contributed by atoms with Crippen molar-refractivity contribution in [1.29, 1.82) is 0 Å². The zero-order valence-electron chi connectivity index (χ0n) is 12.8. The van der Waals surface area contributed by atoms with Crippen molar-refractivity contribution in [1.82, 2.24) is 15.3 Å². The van der Waals surface area contributed by atoms with Gasteiger partial charge in [0.1, 0.15) is 5.82 Å². The zero-order chi connectivity index (χ0) is 14.1. The van der Waals surface area contributed by atoms with Crippen LogP contribution in [0.4, 0.5) is 0 Å². The van der Waals surface area contributed by atoms with Crippen LogP contribution in [0.3, 0.4) is 0 Å². The van der Waals surface area contributed by atoms with Crippen LogP contribution in [0.25, 0.3) is 0 Å². The first-order chi connectivity index (χ1) is 9.19. The Morgan fingerprint density at radius 3 is 2.26 bits per heavy atom. The predicted molar refractivity (Wildman–Crippen MR) is 78.6 cm³/mol. The molecule has 0 amide bonds. The number of aryl methyl sites for hydroxylation is 2. The Hall–Kier alpha value is -1.00. The van der Waals surface area contributed by atoms with E-state index in [0.717, 1.165) is 49.8 Å². The van der Waals surface area contributed by atoms with Crippen molar-refractivity contribution < 1.29 is 4.74 Å². The number of nitrogens with zero attached hydrogens (tertiary/aromatic N) is 2. The van der Waals surface area contributed by atoms with Crippen LogP contribution in [0.2, 0.25) is 0 Å². The number of rotatable bonds is 9. The molecule has 0 atom stereocenters. The summed E-state index contributed by atoms with van der Waals surface area (Å²) in [7, 11) is 0. The number of hydrogen-bond acceptors (Lipinski definition) is 4. The van der Waals surface area contributed by atoms with Crippen LogP contribution in [0, 0.1) is 13.8 Å². The van der Waals surface area contributed by atoms with E-state index in [0.29, 0.717) is 6.61 Å². The van der Waals surface area contributed by atoms with E-state index in [9.17, 15) is 0 Å². The highest BCUT2D eigenvalue weighted by atomic mass is 16.5. The molecule has 0 unspecified atom stereocenters. The Balaban J connectivity index is 2.58. The molecule has 0 aliphatic carbocycles. The van der Waals surface area contributed by atoms with E-state index in [4.69, 9.17) is 4.74 Å². The van der Waals surface area contributed by atoms with Crippen LogP contribution in [0.1, 0.15) is 43.0 Å². The molecular weight excluding hydrogens is 238 g/mol. The molecule has 0 bridgehead atoms. The molecule has 1 heterocycles. The lowest BCUT2D eigenvalue weighted by atomic mass is 10.1. The highest BCUT2D eigenvalue weighted by Crippen LogP contribution is 2.11. The maximum Gasteiger partial charge on any atom is 0.131 e. The minimum Gasteiger partial charge on any atom is -0.381 e. The van der Waals surface area contributed by atoms with E-state index in [-0.39, 0.29) is 0 Å². The SMILES string of the molecule is CCCNCCc1c(C)nc(CCOCC)nc1C. The monoisotopic (exact) mass is 265 g/mol. The van der Waals surface area contributed by atoms with Gasteiger partial charge in [-0.3, -0.25) is 0 Å². The fraction of sp³-hybridized carbons (Fsp3) is 0.733. The summed E-state index contributed by atoms with van der Waals surface area (Å²) >= 11 is 0. The molecule has 0 fully saturated rings. The second kappa shape index (κ2) is 8.99. The van der Waals surface area contributed by atoms with Crippen molar-refractivity contribution >= 4 is 0 Å². The quantitative estimate of drug-likeness (QED) is 0.695. The van der Waals surface area contributed by atoms with E-state index in [1.165, 1.54) is 12.0 Å². The first kappa shape index (κ1) is 16.1. The minimum absolute atomic E-state index is 0.701. The smallest absolute Gasteiger partial charge is 0.131 e. The predicted octanol–water partition coefficient (Wildman–Crippen LogP) is 2.21. The van der Waals surface area contributed by atoms with Crippen molar-refractivity contribution in [3.8, 4) is 0 Å². The standard InChI is InChI=1S/C15H27N3O/c1-5-9-16-10-7-14-12(3)17-15(18-13(14)4)8-11-19-6-2/h16H,5-11H2,1-4H3. The van der Waals surface area contributed by atoms with Gasteiger partial charge in [-0.25, -0.2) is 9.97 Å². The first-order valence-electron chi connectivity index (χ1n) is 7.30. The Labute approximate surface area is 117 Å². The summed E-state index contributed by atoms with van der Waals surface area (Å²) in [5.74, 6) is 0.897. The first-order valence-corrected chi connectivity index (χ1v) is 7.30. The summed E-state index contributed by atoms with van der Waals surface area (Å²) in [5, 5.41) is 3.42. The highest BCUT2D eigenvalue weighted by molar-refractivity contribution is 5.24. The van der Waals surface area contributed by atoms with Crippen LogP contribution in [-0.2, 0) is 17.6 Å². The summed E-state index contributed by atoms with van der Waals surface area (Å²) < 4.78 is 5.35. The van der Waals surface area contributed by atoms with Crippen LogP contribution < -0.4 is 5.32 Å². The summed E-state index contributed by atoms with van der Waals surface area (Å²) in [6.45, 7) is 11.9. The number of nitrogens with one attached hydrogen (secondary N) is 1. The maximum absolute atomic E-state index is 5.35. The van der Waals surface area contributed by atoms with Crippen LogP contribution in [-0.4, -0.2) is 36.3 Å². The van der Waals surface area contributed by atoms with Crippen molar-refractivity contribution in [2.24, 2.45) is 0 Å². The molecule has 1 aromatic heterocycles. The van der Waals surface area contributed by atoms with Gasteiger partial charge in [-0.05, 0) is 52.3 Å². The molecule has 4 heteroatoms. The Morgan fingerprint density at radius 2 is 1.68 bits per heavy atom. The highest BCUT2D eigenvalue weighted by Gasteiger charge is 2.08. The molecule has 0 aliphatic rings. The Bertz CT molecular complexity index is 357. The number of hydrogen-bond donors (Lipinski definition) is 1. The Morgan fingerprint density at radius 1 is 1.00 bits per heavy atom. The van der Waals surface area contributed by atoms with Crippen molar-refractivity contribution in [3.63, 3.8) is 0 Å². The maximum atomic E-state index is 5.35. The largest absolute Gasteiger partial charge is 0.381 e. The Kier molecular flexibility index (Phi) is 7.60. The van der Waals surface area contributed by atoms with E-state index in [2.05, 4.69) is 36.1 Å². The number of ether oxygens (including phenoxy) is 1. The van der Waals surface area contributed by atoms with E-state index < -0.39 is 0 Å². The molecular formula is C15H27N3O. The average molecular weight is 265 g/mol. The molecule has 0 saturated carbocycles. The average Bonchev–Trinajstić information content (AvgIpc) is 2.37. The van der Waals surface area contributed by atoms with Crippen LogP contribution in [0.15, 0.2) is 0 Å². The molecule has 108 valence electrons. The summed E-state index contributed by atoms with van der Waals surface area (Å²) in [6.07, 6.45) is 2.97. The van der Waals surface area contributed by atoms with Gasteiger partial charge in [0, 0.05) is 24.4 Å². The molecule has 0 spiro atoms. The summed E-state index contributed by atoms with van der Waals surface area (Å²) in [4.78, 5) is 9.17. The molecule has 1 aromatic rings. The second-order valence-corrected chi connectivity index (χ2v) is 4.74. The topological polar surface area (TPSA) is 47.0 Å².